The van der Waals surface area contributed by atoms with E-state index in [1.165, 1.54) is 30.3 Å². The van der Waals surface area contributed by atoms with E-state index in [2.05, 4.69) is 9.69 Å². The molecule has 188 valence electrons. The molecule has 1 heterocycles. The number of fused-ring (bicyclic) bond motifs is 4. The third-order valence-corrected chi connectivity index (χ3v) is 8.54. The average molecular weight is 551 g/mol. The topological polar surface area (TPSA) is 130 Å². The van der Waals surface area contributed by atoms with Crippen molar-refractivity contribution in [3.63, 3.8) is 0 Å². The van der Waals surface area contributed by atoms with E-state index in [9.17, 15) is 27.9 Å². The van der Waals surface area contributed by atoms with Crippen molar-refractivity contribution in [1.82, 2.24) is 4.37 Å². The lowest BCUT2D eigenvalue weighted by Gasteiger charge is -2.21. The number of aromatic nitrogens is 1. The Bertz CT molecular complexity index is 2010. The van der Waals surface area contributed by atoms with Gasteiger partial charge in [-0.1, -0.05) is 36.4 Å². The van der Waals surface area contributed by atoms with E-state index in [1.54, 1.807) is 30.3 Å². The lowest BCUT2D eigenvalue weighted by molar-refractivity contribution is 0.0978. The van der Waals surface area contributed by atoms with E-state index in [1.807, 2.05) is 12.1 Å². The highest BCUT2D eigenvalue weighted by molar-refractivity contribution is 7.79. The fourth-order valence-electron chi connectivity index (χ4n) is 5.21. The second kappa shape index (κ2) is 8.43. The molecular weight excluding hydrogens is 536 g/mol. The summed E-state index contributed by atoms with van der Waals surface area (Å²) in [5.41, 5.74) is 3.09. The highest BCUT2D eigenvalue weighted by atomic mass is 32.2. The molecule has 1 amide bonds. The molecule has 0 bridgehead atoms. The van der Waals surface area contributed by atoms with E-state index in [4.69, 9.17) is 0 Å². The summed E-state index contributed by atoms with van der Waals surface area (Å²) in [6.07, 6.45) is 0. The Balaban J connectivity index is 1.30. The molecule has 0 fully saturated rings. The third-order valence-electron chi connectivity index (χ3n) is 7.01. The number of hydrogen-bond donors (Lipinski definition) is 2. The van der Waals surface area contributed by atoms with Crippen LogP contribution in [0.3, 0.4) is 0 Å². The van der Waals surface area contributed by atoms with E-state index in [-0.39, 0.29) is 44.2 Å². The zero-order chi connectivity index (χ0) is 27.0. The minimum Gasteiger partial charge on any atom is -0.321 e. The van der Waals surface area contributed by atoms with Crippen LogP contribution in [0, 0.1) is 0 Å². The molecule has 0 saturated carbocycles. The van der Waals surface area contributed by atoms with Gasteiger partial charge in [0.25, 0.3) is 5.91 Å². The van der Waals surface area contributed by atoms with Crippen LogP contribution in [0.25, 0.3) is 21.3 Å². The molecule has 0 aliphatic heterocycles. The van der Waals surface area contributed by atoms with Crippen molar-refractivity contribution in [3.05, 3.63) is 112 Å². The van der Waals surface area contributed by atoms with Gasteiger partial charge in [-0.2, -0.15) is 4.37 Å². The minimum absolute atomic E-state index is 0.00783. The lowest BCUT2D eigenvalue weighted by Crippen LogP contribution is -2.24. The Morgan fingerprint density at radius 3 is 2.26 bits per heavy atom. The number of carbonyl (C=O) groups is 4. The third kappa shape index (κ3) is 3.32. The van der Waals surface area contributed by atoms with Crippen molar-refractivity contribution >= 4 is 61.6 Å². The quantitative estimate of drug-likeness (QED) is 0.292. The second-order valence-corrected chi connectivity index (χ2v) is 10.8. The molecule has 10 heteroatoms. The molecular formula is C29H14N2O6S2. The number of ketones is 3. The second-order valence-electron chi connectivity index (χ2n) is 9.07. The van der Waals surface area contributed by atoms with Gasteiger partial charge in [-0.05, 0) is 47.9 Å². The number of rotatable bonds is 3. The summed E-state index contributed by atoms with van der Waals surface area (Å²) < 4.78 is 26.0. The summed E-state index contributed by atoms with van der Waals surface area (Å²) in [7, 11) is 0. The molecule has 39 heavy (non-hydrogen) atoms. The van der Waals surface area contributed by atoms with Crippen molar-refractivity contribution in [1.29, 1.82) is 0 Å². The molecule has 0 radical (unpaired) electrons. The van der Waals surface area contributed by atoms with Gasteiger partial charge < -0.3 is 9.87 Å². The van der Waals surface area contributed by atoms with E-state index in [0.29, 0.717) is 32.5 Å². The minimum atomic E-state index is -2.31. The van der Waals surface area contributed by atoms with Crippen molar-refractivity contribution in [2.75, 3.05) is 5.32 Å². The van der Waals surface area contributed by atoms with Crippen LogP contribution in [0.4, 0.5) is 5.69 Å². The molecule has 1 atom stereocenters. The zero-order valence-corrected chi connectivity index (χ0v) is 21.3. The van der Waals surface area contributed by atoms with Crippen LogP contribution in [-0.4, -0.2) is 36.4 Å². The van der Waals surface area contributed by atoms with Gasteiger partial charge in [-0.25, -0.2) is 4.21 Å². The predicted molar refractivity (Wildman–Crippen MR) is 145 cm³/mol. The van der Waals surface area contributed by atoms with Gasteiger partial charge in [0.05, 0.1) is 32.1 Å². The molecule has 8 nitrogen and oxygen atoms in total. The summed E-state index contributed by atoms with van der Waals surface area (Å²) in [4.78, 5) is 53.4. The van der Waals surface area contributed by atoms with Crippen LogP contribution < -0.4 is 5.32 Å². The molecule has 5 aromatic rings. The van der Waals surface area contributed by atoms with Gasteiger partial charge in [0.2, 0.25) is 0 Å². The Labute approximate surface area is 226 Å². The molecule has 0 spiro atoms. The molecule has 4 aromatic carbocycles. The standard InChI is InChI=1S/C29H14N2O6S2/c32-25-15-5-2-1-4-14(15)24-23-18(25)10-11-19(28(23)38-31-24)29(35)30-21-7-3-6-17-22(21)27(34)16-9-8-13(39(36)37)12-20(16)26(17)33/h1-12H,(H,30,35)(H,36,37). The Morgan fingerprint density at radius 2 is 1.46 bits per heavy atom. The van der Waals surface area contributed by atoms with E-state index >= 15 is 0 Å². The molecule has 2 aliphatic carbocycles. The fourth-order valence-corrected chi connectivity index (χ4v) is 6.54. The Hall–Kier alpha value is -4.64. The Kier molecular flexibility index (Phi) is 5.08. The number of hydrogen-bond acceptors (Lipinski definition) is 7. The van der Waals surface area contributed by atoms with Crippen molar-refractivity contribution in [3.8, 4) is 11.3 Å². The SMILES string of the molecule is O=C1c2cc(S(=O)O)ccc2C(=O)c2c(NC(=O)c3ccc4c5c(nsc35)-c3ccccc3C4=O)cccc21. The van der Waals surface area contributed by atoms with Gasteiger partial charge in [0.15, 0.2) is 28.4 Å². The molecule has 2 N–H and O–H groups in total. The number of nitrogens with one attached hydrogen (secondary N) is 1. The van der Waals surface area contributed by atoms with Gasteiger partial charge >= 0.3 is 0 Å². The molecule has 0 saturated heterocycles. The molecule has 2 aliphatic rings. The van der Waals surface area contributed by atoms with Crippen LogP contribution in [0.2, 0.25) is 0 Å². The highest BCUT2D eigenvalue weighted by Crippen LogP contribution is 2.42. The van der Waals surface area contributed by atoms with E-state index in [0.717, 1.165) is 11.5 Å². The average Bonchev–Trinajstić information content (AvgIpc) is 3.40. The van der Waals surface area contributed by atoms with Crippen LogP contribution in [0.1, 0.15) is 58.1 Å². The Morgan fingerprint density at radius 1 is 0.769 bits per heavy atom. The molecule has 1 unspecified atom stereocenters. The summed E-state index contributed by atoms with van der Waals surface area (Å²) in [6, 6.07) is 18.9. The first kappa shape index (κ1) is 23.5. The normalized spacial score (nSPS) is 14.0. The monoisotopic (exact) mass is 550 g/mol. The van der Waals surface area contributed by atoms with Crippen LogP contribution in [0.15, 0.2) is 77.7 Å². The van der Waals surface area contributed by atoms with Crippen molar-refractivity contribution in [2.24, 2.45) is 0 Å². The summed E-state index contributed by atoms with van der Waals surface area (Å²) in [6.45, 7) is 0. The van der Waals surface area contributed by atoms with Gasteiger partial charge in [-0.3, -0.25) is 19.2 Å². The first-order valence-corrected chi connectivity index (χ1v) is 13.6. The number of nitrogens with zero attached hydrogens (tertiary/aromatic N) is 1. The van der Waals surface area contributed by atoms with E-state index < -0.39 is 28.6 Å². The summed E-state index contributed by atoms with van der Waals surface area (Å²) >= 11 is -1.19. The fraction of sp³-hybridized carbons (Fsp3) is 0. The lowest BCUT2D eigenvalue weighted by atomic mass is 9.83. The first-order valence-electron chi connectivity index (χ1n) is 11.7. The van der Waals surface area contributed by atoms with Crippen molar-refractivity contribution < 1.29 is 27.9 Å². The summed E-state index contributed by atoms with van der Waals surface area (Å²) in [5.74, 6) is -1.62. The predicted octanol–water partition coefficient (Wildman–Crippen LogP) is 5.12. The maximum atomic E-state index is 13.5. The van der Waals surface area contributed by atoms with Gasteiger partial charge in [-0.15, -0.1) is 0 Å². The smallest absolute Gasteiger partial charge is 0.257 e. The van der Waals surface area contributed by atoms with Crippen molar-refractivity contribution in [2.45, 2.75) is 4.90 Å². The van der Waals surface area contributed by atoms with Crippen LogP contribution in [0.5, 0.6) is 0 Å². The highest BCUT2D eigenvalue weighted by Gasteiger charge is 2.34. The number of anilines is 1. The van der Waals surface area contributed by atoms with Crippen LogP contribution >= 0.6 is 11.5 Å². The molecule has 1 aromatic heterocycles. The maximum absolute atomic E-state index is 13.5. The van der Waals surface area contributed by atoms with Crippen LogP contribution in [-0.2, 0) is 11.1 Å². The molecule has 7 rings (SSSR count). The number of benzene rings is 4. The number of carbonyl (C=O) groups excluding carboxylic acids is 4. The summed E-state index contributed by atoms with van der Waals surface area (Å²) in [5, 5.41) is 3.39. The van der Waals surface area contributed by atoms with Gasteiger partial charge in [0, 0.05) is 38.8 Å². The van der Waals surface area contributed by atoms with Gasteiger partial charge in [0.1, 0.15) is 0 Å². The zero-order valence-electron chi connectivity index (χ0n) is 19.7. The first-order chi connectivity index (χ1) is 18.8. The number of amides is 1. The largest absolute Gasteiger partial charge is 0.321 e. The maximum Gasteiger partial charge on any atom is 0.257 e.